The van der Waals surface area contributed by atoms with Crippen LogP contribution in [0.4, 0.5) is 20.3 Å². The van der Waals surface area contributed by atoms with Crippen molar-refractivity contribution in [1.82, 2.24) is 19.8 Å². The first-order valence-electron chi connectivity index (χ1n) is 14.8. The number of anilines is 2. The lowest BCUT2D eigenvalue weighted by atomic mass is 9.99. The number of nitrogens with two attached hydrogens (primary N) is 2. The van der Waals surface area contributed by atoms with Gasteiger partial charge >= 0.3 is 0 Å². The first-order valence-corrected chi connectivity index (χ1v) is 14.8. The van der Waals surface area contributed by atoms with Gasteiger partial charge in [0.1, 0.15) is 12.0 Å². The van der Waals surface area contributed by atoms with Gasteiger partial charge in [0, 0.05) is 68.1 Å². The number of dihydropyridines is 1. The van der Waals surface area contributed by atoms with Crippen LogP contribution in [0.25, 0.3) is 10.9 Å². The SMILES string of the molecule is CN.COC1C=C(CN(Cc2c3n(c4cc(F)c(F)cc4c2=O)C(C)CC3)C2CCCN(c3ccc(N)nc3)C2)C=CN1. The van der Waals surface area contributed by atoms with Crippen molar-refractivity contribution in [2.24, 2.45) is 5.73 Å². The van der Waals surface area contributed by atoms with Crippen LogP contribution in [0.1, 0.15) is 43.5 Å². The molecule has 2 aromatic heterocycles. The van der Waals surface area contributed by atoms with E-state index in [0.29, 0.717) is 30.0 Å². The molecule has 0 aliphatic carbocycles. The summed E-state index contributed by atoms with van der Waals surface area (Å²) >= 11 is 0. The summed E-state index contributed by atoms with van der Waals surface area (Å²) in [5, 5.41) is 3.40. The van der Waals surface area contributed by atoms with Crippen molar-refractivity contribution >= 4 is 22.4 Å². The summed E-state index contributed by atoms with van der Waals surface area (Å²) in [7, 11) is 3.16. The molecule has 0 amide bonds. The molecule has 3 unspecified atom stereocenters. The second-order valence-electron chi connectivity index (χ2n) is 11.3. The van der Waals surface area contributed by atoms with Gasteiger partial charge in [-0.3, -0.25) is 9.69 Å². The Labute approximate surface area is 250 Å². The van der Waals surface area contributed by atoms with E-state index in [1.165, 1.54) is 13.1 Å². The normalized spacial score (nSPS) is 21.3. The number of aromatic nitrogens is 2. The minimum absolute atomic E-state index is 0.0888. The van der Waals surface area contributed by atoms with E-state index in [2.05, 4.69) is 38.8 Å². The molecule has 3 atom stereocenters. The summed E-state index contributed by atoms with van der Waals surface area (Å²) in [5.41, 5.74) is 14.3. The summed E-state index contributed by atoms with van der Waals surface area (Å²) in [6.45, 7) is 4.76. The van der Waals surface area contributed by atoms with Gasteiger partial charge in [0.2, 0.25) is 0 Å². The highest BCUT2D eigenvalue weighted by Crippen LogP contribution is 2.33. The number of hydrogen-bond donors (Lipinski definition) is 3. The van der Waals surface area contributed by atoms with Gasteiger partial charge in [0.15, 0.2) is 17.1 Å². The highest BCUT2D eigenvalue weighted by Gasteiger charge is 2.31. The van der Waals surface area contributed by atoms with Crippen molar-refractivity contribution in [3.63, 3.8) is 0 Å². The predicted octanol–water partition coefficient (Wildman–Crippen LogP) is 3.83. The first kappa shape index (κ1) is 30.7. The first-order chi connectivity index (χ1) is 20.8. The summed E-state index contributed by atoms with van der Waals surface area (Å²) in [6, 6.07) is 6.28. The van der Waals surface area contributed by atoms with Gasteiger partial charge in [-0.15, -0.1) is 0 Å². The van der Waals surface area contributed by atoms with E-state index in [1.807, 2.05) is 29.0 Å². The molecule has 230 valence electrons. The van der Waals surface area contributed by atoms with Crippen LogP contribution in [0.15, 0.2) is 59.2 Å². The zero-order chi connectivity index (χ0) is 30.7. The van der Waals surface area contributed by atoms with Crippen LogP contribution < -0.4 is 27.1 Å². The largest absolute Gasteiger partial charge is 0.384 e. The lowest BCUT2D eigenvalue weighted by molar-refractivity contribution is 0.121. The molecule has 1 saturated heterocycles. The summed E-state index contributed by atoms with van der Waals surface area (Å²) in [4.78, 5) is 22.9. The minimum atomic E-state index is -1.00. The summed E-state index contributed by atoms with van der Waals surface area (Å²) < 4.78 is 36.2. The van der Waals surface area contributed by atoms with Crippen molar-refractivity contribution in [2.75, 3.05) is 44.4 Å². The molecular formula is C32H41F2N7O2. The number of pyridine rings is 2. The molecule has 43 heavy (non-hydrogen) atoms. The van der Waals surface area contributed by atoms with E-state index in [-0.39, 0.29) is 29.1 Å². The number of piperidine rings is 1. The fourth-order valence-corrected chi connectivity index (χ4v) is 6.53. The fraction of sp³-hybridized carbons (Fsp3) is 0.438. The molecule has 3 aliphatic heterocycles. The van der Waals surface area contributed by atoms with Crippen LogP contribution >= 0.6 is 0 Å². The predicted molar refractivity (Wildman–Crippen MR) is 167 cm³/mol. The van der Waals surface area contributed by atoms with Crippen LogP contribution in [0.5, 0.6) is 0 Å². The van der Waals surface area contributed by atoms with Crippen molar-refractivity contribution in [3.8, 4) is 0 Å². The average molecular weight is 594 g/mol. The number of fused-ring (bicyclic) bond motifs is 3. The number of hydrogen-bond acceptors (Lipinski definition) is 8. The van der Waals surface area contributed by atoms with Crippen LogP contribution in [-0.2, 0) is 17.7 Å². The number of halogens is 2. The molecule has 3 aliphatic rings. The maximum Gasteiger partial charge on any atom is 0.194 e. The van der Waals surface area contributed by atoms with E-state index in [1.54, 1.807) is 13.3 Å². The van der Waals surface area contributed by atoms with E-state index in [9.17, 15) is 13.6 Å². The highest BCUT2D eigenvalue weighted by molar-refractivity contribution is 5.81. The van der Waals surface area contributed by atoms with Gasteiger partial charge in [-0.25, -0.2) is 13.8 Å². The third kappa shape index (κ3) is 6.29. The Kier molecular flexibility index (Phi) is 9.43. The maximum absolute atomic E-state index is 14.4. The van der Waals surface area contributed by atoms with Crippen molar-refractivity contribution in [1.29, 1.82) is 0 Å². The smallest absolute Gasteiger partial charge is 0.194 e. The van der Waals surface area contributed by atoms with Gasteiger partial charge in [-0.05, 0) is 81.8 Å². The second-order valence-corrected chi connectivity index (χ2v) is 11.3. The Balaban J connectivity index is 0.00000180. The maximum atomic E-state index is 14.4. The lowest BCUT2D eigenvalue weighted by Crippen LogP contribution is -2.49. The van der Waals surface area contributed by atoms with Gasteiger partial charge in [0.25, 0.3) is 0 Å². The zero-order valence-electron chi connectivity index (χ0n) is 25.0. The number of nitrogens with zero attached hydrogens (tertiary/aromatic N) is 4. The molecule has 0 radical (unpaired) electrons. The third-order valence-corrected chi connectivity index (χ3v) is 8.67. The second kappa shape index (κ2) is 13.2. The van der Waals surface area contributed by atoms with E-state index >= 15 is 0 Å². The molecule has 3 aromatic rings. The van der Waals surface area contributed by atoms with Gasteiger partial charge < -0.3 is 31.0 Å². The lowest BCUT2D eigenvalue weighted by Gasteiger charge is -2.41. The standard InChI is InChI=1S/C31H36F2N6O2.CH5N/c1-19-5-7-27-24(31(40)23-13-25(32)26(33)14-28(23)39(19)27)18-38(16-20-9-10-35-30(12-20)41-2)22-4-3-11-37(17-22)21-6-8-29(34)36-15-21;1-2/h6,8-10,12-15,19,22,30,35H,3-5,7,11,16-18H2,1-2H3,(H2,34,36);2H2,1H3. The van der Waals surface area contributed by atoms with Crippen LogP contribution in [0.2, 0.25) is 0 Å². The topological polar surface area (TPSA) is 115 Å². The molecule has 1 aromatic carbocycles. The van der Waals surface area contributed by atoms with Gasteiger partial charge in [-0.2, -0.15) is 0 Å². The number of benzene rings is 1. The molecule has 11 heteroatoms. The zero-order valence-corrected chi connectivity index (χ0v) is 25.0. The molecule has 0 spiro atoms. The molecule has 5 heterocycles. The number of ether oxygens (including phenoxy) is 1. The summed E-state index contributed by atoms with van der Waals surface area (Å²) in [5.74, 6) is -1.45. The Morgan fingerprint density at radius 3 is 2.70 bits per heavy atom. The molecule has 1 fully saturated rings. The Morgan fingerprint density at radius 2 is 1.95 bits per heavy atom. The van der Waals surface area contributed by atoms with Crippen LogP contribution in [-0.4, -0.2) is 60.5 Å². The molecule has 9 nitrogen and oxygen atoms in total. The Bertz CT molecular complexity index is 1570. The molecule has 5 N–H and O–H groups in total. The molecule has 6 rings (SSSR count). The van der Waals surface area contributed by atoms with Gasteiger partial charge in [0.05, 0.1) is 17.4 Å². The van der Waals surface area contributed by atoms with Crippen molar-refractivity contribution < 1.29 is 13.5 Å². The third-order valence-electron chi connectivity index (χ3n) is 8.67. The fourth-order valence-electron chi connectivity index (χ4n) is 6.53. The van der Waals surface area contributed by atoms with E-state index in [4.69, 9.17) is 10.5 Å². The Morgan fingerprint density at radius 1 is 1.16 bits per heavy atom. The number of nitrogens with one attached hydrogen (secondary N) is 1. The molecule has 0 bridgehead atoms. The monoisotopic (exact) mass is 593 g/mol. The quantitative estimate of drug-likeness (QED) is 0.379. The minimum Gasteiger partial charge on any atom is -0.384 e. The summed E-state index contributed by atoms with van der Waals surface area (Å²) in [6.07, 6.45) is 11.1. The van der Waals surface area contributed by atoms with E-state index < -0.39 is 11.6 Å². The Hall–Kier alpha value is -3.80. The molecular weight excluding hydrogens is 552 g/mol. The number of nitrogen functional groups attached to an aromatic ring is 1. The highest BCUT2D eigenvalue weighted by atomic mass is 19.2. The average Bonchev–Trinajstić information content (AvgIpc) is 3.42. The van der Waals surface area contributed by atoms with Crippen molar-refractivity contribution in [3.05, 3.63) is 87.5 Å². The van der Waals surface area contributed by atoms with Crippen LogP contribution in [0.3, 0.4) is 0 Å². The van der Waals surface area contributed by atoms with Gasteiger partial charge in [-0.1, -0.05) is 0 Å². The van der Waals surface area contributed by atoms with Crippen molar-refractivity contribution in [2.45, 2.75) is 57.5 Å². The number of rotatable bonds is 7. The molecule has 0 saturated carbocycles. The van der Waals surface area contributed by atoms with E-state index in [0.717, 1.165) is 61.8 Å². The van der Waals surface area contributed by atoms with Crippen LogP contribution in [0, 0.1) is 11.6 Å². The number of methoxy groups -OCH3 is 1.